The molecule has 168 valence electrons. The minimum absolute atomic E-state index is 0.0108. The van der Waals surface area contributed by atoms with Crippen molar-refractivity contribution in [2.45, 2.75) is 18.4 Å². The molecule has 2 aliphatic rings. The van der Waals surface area contributed by atoms with Gasteiger partial charge in [-0.05, 0) is 25.0 Å². The molecule has 4 heterocycles. The van der Waals surface area contributed by atoms with E-state index in [2.05, 4.69) is 35.9 Å². The Morgan fingerprint density at radius 2 is 2.06 bits per heavy atom. The molecule has 0 unspecified atom stereocenters. The van der Waals surface area contributed by atoms with Crippen LogP contribution in [0.2, 0.25) is 5.15 Å². The molecule has 0 atom stereocenters. The van der Waals surface area contributed by atoms with E-state index in [1.807, 2.05) is 0 Å². The highest BCUT2D eigenvalue weighted by atomic mass is 35.5. The monoisotopic (exact) mass is 459 g/mol. The summed E-state index contributed by atoms with van der Waals surface area (Å²) in [5.74, 6) is -0.581. The van der Waals surface area contributed by atoms with Gasteiger partial charge >= 0.3 is 5.91 Å². The van der Waals surface area contributed by atoms with E-state index >= 15 is 0 Å². The predicted octanol–water partition coefficient (Wildman–Crippen LogP) is 0.219. The van der Waals surface area contributed by atoms with Gasteiger partial charge in [-0.3, -0.25) is 9.59 Å². The number of amides is 2. The number of nitrogens with one attached hydrogen (secondary N) is 3. The Balaban J connectivity index is 1.42. The zero-order valence-electron chi connectivity index (χ0n) is 17.2. The second-order valence-corrected chi connectivity index (χ2v) is 7.89. The topological polar surface area (TPSA) is 171 Å². The number of nitrogen functional groups attached to an aromatic ring is 1. The molecule has 1 spiro atoms. The van der Waals surface area contributed by atoms with E-state index in [1.165, 1.54) is 12.3 Å². The van der Waals surface area contributed by atoms with E-state index in [0.717, 1.165) is 0 Å². The molecule has 2 aliphatic heterocycles. The Labute approximate surface area is 188 Å². The average molecular weight is 460 g/mol. The van der Waals surface area contributed by atoms with Gasteiger partial charge in [0, 0.05) is 32.9 Å². The highest BCUT2D eigenvalue weighted by Crippen LogP contribution is 2.27. The van der Waals surface area contributed by atoms with Crippen LogP contribution in [0.4, 0.5) is 11.6 Å². The maximum atomic E-state index is 12.7. The summed E-state index contributed by atoms with van der Waals surface area (Å²) < 4.78 is 0. The number of hydrogen-bond donors (Lipinski definition) is 5. The van der Waals surface area contributed by atoms with Gasteiger partial charge in [-0.25, -0.2) is 15.0 Å². The van der Waals surface area contributed by atoms with Crippen LogP contribution in [0.25, 0.3) is 0 Å². The van der Waals surface area contributed by atoms with Gasteiger partial charge in [-0.2, -0.15) is 4.99 Å². The first-order valence-corrected chi connectivity index (χ1v) is 10.3. The van der Waals surface area contributed by atoms with Crippen LogP contribution >= 0.6 is 11.6 Å². The van der Waals surface area contributed by atoms with Crippen molar-refractivity contribution >= 4 is 41.0 Å². The largest absolute Gasteiger partial charge is 0.505 e. The molecule has 0 bridgehead atoms. The van der Waals surface area contributed by atoms with E-state index in [9.17, 15) is 14.7 Å². The Morgan fingerprint density at radius 1 is 1.31 bits per heavy atom. The quantitative estimate of drug-likeness (QED) is 0.427. The number of guanidine groups is 1. The summed E-state index contributed by atoms with van der Waals surface area (Å²) in [7, 11) is 1.59. The maximum absolute atomic E-state index is 12.7. The lowest BCUT2D eigenvalue weighted by molar-refractivity contribution is 0.0660. The fraction of sp³-hybridized carbons (Fsp3) is 0.368. The lowest BCUT2D eigenvalue weighted by atomic mass is 9.88. The van der Waals surface area contributed by atoms with Gasteiger partial charge in [-0.1, -0.05) is 11.6 Å². The number of aromatic hydroxyl groups is 1. The summed E-state index contributed by atoms with van der Waals surface area (Å²) in [6.45, 7) is 1.48. The van der Waals surface area contributed by atoms with Crippen LogP contribution in [-0.2, 0) is 0 Å². The molecule has 2 saturated heterocycles. The molecular formula is C19H22ClN9O3. The van der Waals surface area contributed by atoms with Crippen LogP contribution in [0, 0.1) is 0 Å². The molecule has 0 aliphatic carbocycles. The van der Waals surface area contributed by atoms with Crippen molar-refractivity contribution in [1.82, 2.24) is 30.5 Å². The maximum Gasteiger partial charge on any atom is 0.302 e. The van der Waals surface area contributed by atoms with Gasteiger partial charge in [0.25, 0.3) is 5.91 Å². The van der Waals surface area contributed by atoms with Crippen molar-refractivity contribution in [2.75, 3.05) is 37.7 Å². The number of carbonyl (C=O) groups is 2. The Bertz CT molecular complexity index is 1100. The molecule has 2 aromatic heterocycles. The van der Waals surface area contributed by atoms with Gasteiger partial charge in [0.2, 0.25) is 0 Å². The number of anilines is 2. The lowest BCUT2D eigenvalue weighted by Crippen LogP contribution is -2.53. The van der Waals surface area contributed by atoms with Crippen LogP contribution in [-0.4, -0.2) is 75.0 Å². The van der Waals surface area contributed by atoms with E-state index < -0.39 is 5.91 Å². The molecule has 12 nitrogen and oxygen atoms in total. The molecule has 4 rings (SSSR count). The normalized spacial score (nSPS) is 18.3. The summed E-state index contributed by atoms with van der Waals surface area (Å²) in [5, 5.41) is 18.9. The fourth-order valence-corrected chi connectivity index (χ4v) is 3.84. The Hall–Kier alpha value is -3.67. The van der Waals surface area contributed by atoms with E-state index in [4.69, 9.17) is 17.3 Å². The van der Waals surface area contributed by atoms with Gasteiger partial charge in [0.15, 0.2) is 34.1 Å². The van der Waals surface area contributed by atoms with Gasteiger partial charge in [0.1, 0.15) is 5.75 Å². The standard InChI is InChI=1S/C19H22ClN9O3/c1-22-15-12(25-13(20)14(21)26-15)16(31)27-18-24-9-19(28-18)4-7-29(8-5-19)17(32)11-10(30)3-2-6-23-11/h2-3,6,30H,4-5,7-9H2,1H3,(H3,21,22,26)(H2,24,27,28,31). The van der Waals surface area contributed by atoms with Crippen molar-refractivity contribution in [2.24, 2.45) is 4.99 Å². The number of aromatic nitrogens is 3. The molecule has 6 N–H and O–H groups in total. The van der Waals surface area contributed by atoms with Crippen LogP contribution in [0.5, 0.6) is 5.75 Å². The smallest absolute Gasteiger partial charge is 0.302 e. The Morgan fingerprint density at radius 3 is 2.75 bits per heavy atom. The number of halogens is 1. The number of hydrogen-bond acceptors (Lipinski definition) is 8. The molecule has 0 saturated carbocycles. The molecule has 2 fully saturated rings. The highest BCUT2D eigenvalue weighted by molar-refractivity contribution is 6.31. The molecule has 0 aromatic carbocycles. The second kappa shape index (κ2) is 8.46. The zero-order valence-corrected chi connectivity index (χ0v) is 18.0. The zero-order chi connectivity index (χ0) is 22.9. The molecular weight excluding hydrogens is 438 g/mol. The number of aliphatic imine (C=N–C) groups is 1. The number of rotatable bonds is 3. The molecule has 0 radical (unpaired) electrons. The third-order valence-corrected chi connectivity index (χ3v) is 5.78. The van der Waals surface area contributed by atoms with Crippen LogP contribution in [0.1, 0.15) is 33.8 Å². The van der Waals surface area contributed by atoms with Gasteiger partial charge in [0.05, 0.1) is 5.54 Å². The summed E-state index contributed by atoms with van der Waals surface area (Å²) >= 11 is 5.90. The number of likely N-dealkylation sites (tertiary alicyclic amines) is 1. The second-order valence-electron chi connectivity index (χ2n) is 7.53. The fourth-order valence-electron chi connectivity index (χ4n) is 3.72. The van der Waals surface area contributed by atoms with Gasteiger partial charge < -0.3 is 31.7 Å². The lowest BCUT2D eigenvalue weighted by Gasteiger charge is -2.38. The van der Waals surface area contributed by atoms with Crippen molar-refractivity contribution in [3.05, 3.63) is 34.9 Å². The number of nitrogens with zero attached hydrogens (tertiary/aromatic N) is 5. The SMILES string of the molecule is CNc1nc(N)c(Cl)nc1C(=O)/N=C1\NCC2(CCN(C(=O)c3ncccc3O)CC2)N1. The molecule has 13 heteroatoms. The van der Waals surface area contributed by atoms with E-state index in [-0.39, 0.29) is 45.4 Å². The van der Waals surface area contributed by atoms with Gasteiger partial charge in [-0.15, -0.1) is 0 Å². The molecule has 2 amide bonds. The first-order valence-electron chi connectivity index (χ1n) is 9.91. The Kier molecular flexibility index (Phi) is 5.70. The summed E-state index contributed by atoms with van der Waals surface area (Å²) in [5.41, 5.74) is 5.29. The van der Waals surface area contributed by atoms with E-state index in [1.54, 1.807) is 18.0 Å². The predicted molar refractivity (Wildman–Crippen MR) is 118 cm³/mol. The minimum atomic E-state index is -0.631. The molecule has 32 heavy (non-hydrogen) atoms. The third-order valence-electron chi connectivity index (χ3n) is 5.51. The van der Waals surface area contributed by atoms with Crippen molar-refractivity contribution < 1.29 is 14.7 Å². The number of piperidine rings is 1. The van der Waals surface area contributed by atoms with Crippen molar-refractivity contribution in [3.63, 3.8) is 0 Å². The summed E-state index contributed by atoms with van der Waals surface area (Å²) in [6.07, 6.45) is 2.72. The first-order chi connectivity index (χ1) is 15.3. The summed E-state index contributed by atoms with van der Waals surface area (Å²) in [4.78, 5) is 43.0. The van der Waals surface area contributed by atoms with Crippen LogP contribution < -0.4 is 21.7 Å². The first kappa shape index (κ1) is 21.6. The number of pyridine rings is 1. The third kappa shape index (κ3) is 4.08. The average Bonchev–Trinajstić information content (AvgIpc) is 3.17. The minimum Gasteiger partial charge on any atom is -0.505 e. The van der Waals surface area contributed by atoms with Crippen LogP contribution in [0.15, 0.2) is 23.3 Å². The number of carbonyl (C=O) groups excluding carboxylic acids is 2. The number of nitrogens with two attached hydrogens (primary N) is 1. The summed E-state index contributed by atoms with van der Waals surface area (Å²) in [6, 6.07) is 3.00. The highest BCUT2D eigenvalue weighted by Gasteiger charge is 2.41. The van der Waals surface area contributed by atoms with Crippen molar-refractivity contribution in [3.8, 4) is 5.75 Å². The van der Waals surface area contributed by atoms with Crippen molar-refractivity contribution in [1.29, 1.82) is 0 Å². The van der Waals surface area contributed by atoms with E-state index in [0.29, 0.717) is 38.4 Å². The van der Waals surface area contributed by atoms with Crippen LogP contribution in [0.3, 0.4) is 0 Å². The molecule has 2 aromatic rings.